The van der Waals surface area contributed by atoms with Gasteiger partial charge in [-0.2, -0.15) is 17.8 Å². The smallest absolute Gasteiger partial charge is 0.279 e. The molecule has 0 atom stereocenters. The molecule has 110 valence electrons. The minimum atomic E-state index is -3.41. The van der Waals surface area contributed by atoms with E-state index in [-0.39, 0.29) is 0 Å². The number of aromatic nitrogens is 3. The fourth-order valence-corrected chi connectivity index (χ4v) is 2.43. The average Bonchev–Trinajstić information content (AvgIpc) is 2.87. The van der Waals surface area contributed by atoms with Gasteiger partial charge in [0, 0.05) is 26.6 Å². The molecule has 1 rings (SSSR count). The molecule has 1 aromatic heterocycles. The molecular formula is C10H22N6O2S. The van der Waals surface area contributed by atoms with Crippen LogP contribution in [-0.2, 0) is 16.6 Å². The third kappa shape index (κ3) is 6.10. The summed E-state index contributed by atoms with van der Waals surface area (Å²) < 4.78 is 27.6. The summed E-state index contributed by atoms with van der Waals surface area (Å²) in [4.78, 5) is 3.93. The van der Waals surface area contributed by atoms with Crippen LogP contribution in [0.2, 0.25) is 0 Å². The molecule has 3 N–H and O–H groups in total. The molecule has 1 heterocycles. The second-order valence-electron chi connectivity index (χ2n) is 4.11. The van der Waals surface area contributed by atoms with E-state index in [2.05, 4.69) is 25.2 Å². The molecule has 0 amide bonds. The molecule has 0 bridgehead atoms. The van der Waals surface area contributed by atoms with Crippen molar-refractivity contribution in [2.24, 2.45) is 0 Å². The molecule has 0 radical (unpaired) electrons. The van der Waals surface area contributed by atoms with E-state index in [1.54, 1.807) is 7.05 Å². The van der Waals surface area contributed by atoms with Crippen molar-refractivity contribution in [1.82, 2.24) is 29.5 Å². The Morgan fingerprint density at radius 1 is 1.42 bits per heavy atom. The van der Waals surface area contributed by atoms with E-state index in [1.807, 2.05) is 6.92 Å². The molecule has 1 aromatic rings. The summed E-state index contributed by atoms with van der Waals surface area (Å²) in [6.07, 6.45) is 2.68. The fraction of sp³-hybridized carbons (Fsp3) is 0.800. The maximum Gasteiger partial charge on any atom is 0.279 e. The van der Waals surface area contributed by atoms with Gasteiger partial charge in [-0.05, 0) is 19.5 Å². The summed E-state index contributed by atoms with van der Waals surface area (Å²) in [5, 5.41) is 9.54. The Morgan fingerprint density at radius 2 is 2.21 bits per heavy atom. The molecule has 0 spiro atoms. The highest BCUT2D eigenvalue weighted by atomic mass is 32.2. The van der Waals surface area contributed by atoms with Crippen LogP contribution in [0.5, 0.6) is 0 Å². The normalized spacial score (nSPS) is 12.2. The minimum Gasteiger partial charge on any atom is -0.317 e. The topological polar surface area (TPSA) is 103 Å². The van der Waals surface area contributed by atoms with Crippen molar-refractivity contribution in [3.8, 4) is 0 Å². The Labute approximate surface area is 114 Å². The lowest BCUT2D eigenvalue weighted by molar-refractivity contribution is 0.446. The largest absolute Gasteiger partial charge is 0.317 e. The van der Waals surface area contributed by atoms with Crippen molar-refractivity contribution < 1.29 is 8.42 Å². The standard InChI is InChI=1S/C10H22N6O2S/c1-3-11-6-4-8-16(2)19(17,18)14-7-5-10-12-9-13-15-10/h9,11,14H,3-8H2,1-2H3,(H,12,13,15). The molecule has 9 heteroatoms. The lowest BCUT2D eigenvalue weighted by atomic mass is 10.4. The minimum absolute atomic E-state index is 0.301. The lowest BCUT2D eigenvalue weighted by Gasteiger charge is -2.17. The third-order valence-electron chi connectivity index (χ3n) is 2.60. The van der Waals surface area contributed by atoms with Gasteiger partial charge in [-0.25, -0.2) is 9.71 Å². The quantitative estimate of drug-likeness (QED) is 0.485. The summed E-state index contributed by atoms with van der Waals surface area (Å²) in [7, 11) is -1.84. The van der Waals surface area contributed by atoms with Gasteiger partial charge in [0.05, 0.1) is 0 Å². The molecule has 0 saturated carbocycles. The van der Waals surface area contributed by atoms with Gasteiger partial charge < -0.3 is 5.32 Å². The van der Waals surface area contributed by atoms with Crippen LogP contribution in [0.25, 0.3) is 0 Å². The van der Waals surface area contributed by atoms with E-state index in [1.165, 1.54) is 10.6 Å². The fourth-order valence-electron chi connectivity index (χ4n) is 1.48. The molecule has 19 heavy (non-hydrogen) atoms. The van der Waals surface area contributed by atoms with E-state index in [0.717, 1.165) is 19.5 Å². The second kappa shape index (κ2) is 8.20. The van der Waals surface area contributed by atoms with E-state index >= 15 is 0 Å². The van der Waals surface area contributed by atoms with Crippen LogP contribution in [-0.4, -0.2) is 61.1 Å². The van der Waals surface area contributed by atoms with Crippen molar-refractivity contribution in [1.29, 1.82) is 0 Å². The predicted molar refractivity (Wildman–Crippen MR) is 72.8 cm³/mol. The predicted octanol–water partition coefficient (Wildman–Crippen LogP) is -0.887. The van der Waals surface area contributed by atoms with Gasteiger partial charge in [-0.3, -0.25) is 5.10 Å². The van der Waals surface area contributed by atoms with Crippen LogP contribution in [0.3, 0.4) is 0 Å². The average molecular weight is 290 g/mol. The number of hydrogen-bond acceptors (Lipinski definition) is 5. The van der Waals surface area contributed by atoms with Gasteiger partial charge >= 0.3 is 0 Å². The van der Waals surface area contributed by atoms with Crippen molar-refractivity contribution in [3.05, 3.63) is 12.2 Å². The summed E-state index contributed by atoms with van der Waals surface area (Å²) in [6.45, 7) is 4.52. The zero-order valence-corrected chi connectivity index (χ0v) is 12.2. The molecule has 0 fully saturated rings. The SMILES string of the molecule is CCNCCCN(C)S(=O)(=O)NCCc1ncn[nH]1. The number of nitrogens with zero attached hydrogens (tertiary/aromatic N) is 3. The number of rotatable bonds is 10. The summed E-state index contributed by atoms with van der Waals surface area (Å²) in [6, 6.07) is 0. The Kier molecular flexibility index (Phi) is 6.92. The maximum absolute atomic E-state index is 11.9. The van der Waals surface area contributed by atoms with Gasteiger partial charge in [-0.15, -0.1) is 0 Å². The molecule has 0 aliphatic heterocycles. The van der Waals surface area contributed by atoms with Crippen LogP contribution in [0.1, 0.15) is 19.2 Å². The number of aromatic amines is 1. The number of nitrogens with one attached hydrogen (secondary N) is 3. The first kappa shape index (κ1) is 16.0. The van der Waals surface area contributed by atoms with Crippen LogP contribution in [0.15, 0.2) is 6.33 Å². The Bertz CT molecular complexity index is 433. The molecule has 0 unspecified atom stereocenters. The first-order valence-corrected chi connectivity index (χ1v) is 7.76. The summed E-state index contributed by atoms with van der Waals surface area (Å²) >= 11 is 0. The molecule has 0 aromatic carbocycles. The highest BCUT2D eigenvalue weighted by Gasteiger charge is 2.16. The first-order valence-electron chi connectivity index (χ1n) is 6.32. The van der Waals surface area contributed by atoms with Crippen molar-refractivity contribution >= 4 is 10.2 Å². The van der Waals surface area contributed by atoms with E-state index in [4.69, 9.17) is 0 Å². The van der Waals surface area contributed by atoms with E-state index in [9.17, 15) is 8.42 Å². The zero-order chi connectivity index (χ0) is 14.1. The molecule has 0 aliphatic carbocycles. The summed E-state index contributed by atoms with van der Waals surface area (Å²) in [5.41, 5.74) is 0. The second-order valence-corrected chi connectivity index (χ2v) is 5.97. The molecule has 8 nitrogen and oxygen atoms in total. The molecule has 0 saturated heterocycles. The van der Waals surface area contributed by atoms with Crippen molar-refractivity contribution in [2.45, 2.75) is 19.8 Å². The highest BCUT2D eigenvalue weighted by molar-refractivity contribution is 7.87. The lowest BCUT2D eigenvalue weighted by Crippen LogP contribution is -2.40. The van der Waals surface area contributed by atoms with Gasteiger partial charge in [0.25, 0.3) is 10.2 Å². The van der Waals surface area contributed by atoms with Crippen LogP contribution >= 0.6 is 0 Å². The van der Waals surface area contributed by atoms with Gasteiger partial charge in [0.1, 0.15) is 12.2 Å². The van der Waals surface area contributed by atoms with E-state index < -0.39 is 10.2 Å². The summed E-state index contributed by atoms with van der Waals surface area (Å²) in [5.74, 6) is 0.664. The first-order chi connectivity index (χ1) is 9.06. The monoisotopic (exact) mass is 290 g/mol. The number of hydrogen-bond donors (Lipinski definition) is 3. The van der Waals surface area contributed by atoms with Crippen LogP contribution in [0, 0.1) is 0 Å². The van der Waals surface area contributed by atoms with Gasteiger partial charge in [0.2, 0.25) is 0 Å². The van der Waals surface area contributed by atoms with Gasteiger partial charge in [-0.1, -0.05) is 6.92 Å². The van der Waals surface area contributed by atoms with Gasteiger partial charge in [0.15, 0.2) is 0 Å². The third-order valence-corrected chi connectivity index (χ3v) is 4.17. The maximum atomic E-state index is 11.9. The van der Waals surface area contributed by atoms with E-state index in [0.29, 0.717) is 25.3 Å². The Morgan fingerprint density at radius 3 is 2.84 bits per heavy atom. The van der Waals surface area contributed by atoms with Crippen LogP contribution < -0.4 is 10.0 Å². The van der Waals surface area contributed by atoms with Crippen LogP contribution in [0.4, 0.5) is 0 Å². The van der Waals surface area contributed by atoms with Crippen molar-refractivity contribution in [2.75, 3.05) is 33.2 Å². The Hall–Kier alpha value is -1.03. The Balaban J connectivity index is 2.25. The molecular weight excluding hydrogens is 268 g/mol. The molecule has 0 aliphatic rings. The zero-order valence-electron chi connectivity index (χ0n) is 11.4. The number of H-pyrrole nitrogens is 1. The highest BCUT2D eigenvalue weighted by Crippen LogP contribution is 1.96. The van der Waals surface area contributed by atoms with Crippen molar-refractivity contribution in [3.63, 3.8) is 0 Å².